The van der Waals surface area contributed by atoms with Crippen molar-refractivity contribution in [2.24, 2.45) is 0 Å². The number of fused-ring (bicyclic) bond motifs is 3. The van der Waals surface area contributed by atoms with Crippen molar-refractivity contribution in [3.63, 3.8) is 0 Å². The van der Waals surface area contributed by atoms with Crippen molar-refractivity contribution in [1.29, 1.82) is 0 Å². The van der Waals surface area contributed by atoms with Crippen LogP contribution in [0.4, 0.5) is 0 Å². The topological polar surface area (TPSA) is 0 Å². The van der Waals surface area contributed by atoms with E-state index in [0.717, 1.165) is 11.1 Å². The van der Waals surface area contributed by atoms with E-state index in [1.54, 1.807) is 0 Å². The third-order valence-corrected chi connectivity index (χ3v) is 5.49. The predicted octanol–water partition coefficient (Wildman–Crippen LogP) is 7.16. The Bertz CT molecular complexity index is 1410. The Hall–Kier alpha value is -3.56. The second kappa shape index (κ2) is 6.55. The average Bonchev–Trinajstić information content (AvgIpc) is 2.71. The molecule has 0 aliphatic carbocycles. The molecular formula is C28H20. The Morgan fingerprint density at radius 1 is 0.429 bits per heavy atom. The zero-order valence-electron chi connectivity index (χ0n) is 16.1. The summed E-state index contributed by atoms with van der Waals surface area (Å²) in [5, 5.41) is 7.65. The smallest absolute Gasteiger partial charge is 0.0255 e. The van der Waals surface area contributed by atoms with Gasteiger partial charge in [-0.3, -0.25) is 0 Å². The number of hydrogen-bond acceptors (Lipinski definition) is 0. The van der Waals surface area contributed by atoms with Crippen LogP contribution in [-0.4, -0.2) is 0 Å². The number of aryl methyl sites for hydroxylation is 2. The summed E-state index contributed by atoms with van der Waals surface area (Å²) < 4.78 is 0. The van der Waals surface area contributed by atoms with Gasteiger partial charge in [0.1, 0.15) is 0 Å². The highest BCUT2D eigenvalue weighted by Crippen LogP contribution is 2.29. The van der Waals surface area contributed by atoms with Gasteiger partial charge in [-0.25, -0.2) is 0 Å². The molecule has 0 atom stereocenters. The van der Waals surface area contributed by atoms with E-state index in [1.165, 1.54) is 43.4 Å². The fourth-order valence-corrected chi connectivity index (χ4v) is 3.77. The van der Waals surface area contributed by atoms with Gasteiger partial charge in [0.25, 0.3) is 0 Å². The lowest BCUT2D eigenvalue weighted by molar-refractivity contribution is 1.37. The number of hydrogen-bond donors (Lipinski definition) is 0. The minimum atomic E-state index is 1.04. The summed E-state index contributed by atoms with van der Waals surface area (Å²) in [6.45, 7) is 4.36. The van der Waals surface area contributed by atoms with Crippen LogP contribution in [0.5, 0.6) is 0 Å². The summed E-state index contributed by atoms with van der Waals surface area (Å²) in [5.41, 5.74) is 4.77. The lowest BCUT2D eigenvalue weighted by Crippen LogP contribution is -1.84. The molecule has 0 aliphatic heterocycles. The van der Waals surface area contributed by atoms with Gasteiger partial charge < -0.3 is 0 Å². The zero-order chi connectivity index (χ0) is 19.1. The van der Waals surface area contributed by atoms with Crippen molar-refractivity contribution < 1.29 is 0 Å². The summed E-state index contributed by atoms with van der Waals surface area (Å²) in [5.74, 6) is 6.54. The fraction of sp³-hybridized carbons (Fsp3) is 0.0714. The largest absolute Gasteiger partial charge is 0.0622 e. The first-order valence-electron chi connectivity index (χ1n) is 9.61. The molecule has 0 amide bonds. The molecule has 5 aromatic carbocycles. The average molecular weight is 356 g/mol. The molecule has 0 fully saturated rings. The van der Waals surface area contributed by atoms with Gasteiger partial charge in [0.2, 0.25) is 0 Å². The van der Waals surface area contributed by atoms with Crippen LogP contribution in [0.15, 0.2) is 84.9 Å². The molecule has 0 heterocycles. The molecular weight excluding hydrogens is 336 g/mol. The Morgan fingerprint density at radius 2 is 0.929 bits per heavy atom. The van der Waals surface area contributed by atoms with Gasteiger partial charge in [0.05, 0.1) is 0 Å². The molecule has 0 saturated heterocycles. The summed E-state index contributed by atoms with van der Waals surface area (Å²) >= 11 is 0. The molecule has 0 N–H and O–H groups in total. The second-order valence-electron chi connectivity index (χ2n) is 7.51. The predicted molar refractivity (Wildman–Crippen MR) is 121 cm³/mol. The van der Waals surface area contributed by atoms with Gasteiger partial charge in [0, 0.05) is 11.1 Å². The first-order valence-corrected chi connectivity index (χ1v) is 9.61. The SMILES string of the molecule is Cc1cc2cc3cc4ccc(C#Cc5ccccc5)cc4cc3cc2cc1C. The third kappa shape index (κ3) is 3.02. The molecule has 132 valence electrons. The minimum Gasteiger partial charge on any atom is -0.0622 e. The highest BCUT2D eigenvalue weighted by atomic mass is 14.1. The first-order chi connectivity index (χ1) is 13.7. The summed E-state index contributed by atoms with van der Waals surface area (Å²) in [7, 11) is 0. The molecule has 0 unspecified atom stereocenters. The maximum absolute atomic E-state index is 3.29. The molecule has 28 heavy (non-hydrogen) atoms. The van der Waals surface area contributed by atoms with E-state index in [0.29, 0.717) is 0 Å². The Labute approximate surface area is 165 Å². The van der Waals surface area contributed by atoms with E-state index in [9.17, 15) is 0 Å². The van der Waals surface area contributed by atoms with Gasteiger partial charge in [-0.1, -0.05) is 48.2 Å². The standard InChI is InChI=1S/C28H20/c1-19-12-24-16-27-15-23-11-10-22(9-8-21-6-4-3-5-7-21)14-26(23)18-28(27)17-25(24)13-20(19)2/h3-7,10-18H,1-2H3. The summed E-state index contributed by atoms with van der Waals surface area (Å²) in [6, 6.07) is 30.4. The van der Waals surface area contributed by atoms with Crippen LogP contribution in [0, 0.1) is 25.7 Å². The summed E-state index contributed by atoms with van der Waals surface area (Å²) in [4.78, 5) is 0. The second-order valence-corrected chi connectivity index (χ2v) is 7.51. The Kier molecular flexibility index (Phi) is 3.89. The number of rotatable bonds is 0. The van der Waals surface area contributed by atoms with Gasteiger partial charge in [0.15, 0.2) is 0 Å². The number of benzene rings is 5. The van der Waals surface area contributed by atoms with Crippen molar-refractivity contribution in [2.45, 2.75) is 13.8 Å². The van der Waals surface area contributed by atoms with Crippen molar-refractivity contribution in [1.82, 2.24) is 0 Å². The van der Waals surface area contributed by atoms with Crippen LogP contribution in [0.3, 0.4) is 0 Å². The van der Waals surface area contributed by atoms with Crippen LogP contribution in [-0.2, 0) is 0 Å². The Morgan fingerprint density at radius 3 is 1.57 bits per heavy atom. The normalized spacial score (nSPS) is 10.9. The van der Waals surface area contributed by atoms with Gasteiger partial charge in [-0.15, -0.1) is 0 Å². The molecule has 5 aromatic rings. The lowest BCUT2D eigenvalue weighted by atomic mass is 9.96. The minimum absolute atomic E-state index is 1.04. The molecule has 0 spiro atoms. The molecule has 5 rings (SSSR count). The molecule has 0 bridgehead atoms. The maximum atomic E-state index is 3.29. The third-order valence-electron chi connectivity index (χ3n) is 5.49. The van der Waals surface area contributed by atoms with E-state index >= 15 is 0 Å². The van der Waals surface area contributed by atoms with Crippen LogP contribution in [0.1, 0.15) is 22.3 Å². The molecule has 0 aliphatic rings. The quantitative estimate of drug-likeness (QED) is 0.204. The van der Waals surface area contributed by atoms with Gasteiger partial charge in [-0.05, 0) is 106 Å². The van der Waals surface area contributed by atoms with Crippen molar-refractivity contribution >= 4 is 32.3 Å². The molecule has 0 saturated carbocycles. The van der Waals surface area contributed by atoms with E-state index in [2.05, 4.69) is 80.3 Å². The first kappa shape index (κ1) is 16.6. The van der Waals surface area contributed by atoms with Crippen molar-refractivity contribution in [3.8, 4) is 11.8 Å². The van der Waals surface area contributed by atoms with Gasteiger partial charge in [-0.2, -0.15) is 0 Å². The van der Waals surface area contributed by atoms with Gasteiger partial charge >= 0.3 is 0 Å². The van der Waals surface area contributed by atoms with Crippen LogP contribution in [0.2, 0.25) is 0 Å². The fourth-order valence-electron chi connectivity index (χ4n) is 3.77. The van der Waals surface area contributed by atoms with Crippen LogP contribution >= 0.6 is 0 Å². The monoisotopic (exact) mass is 356 g/mol. The highest BCUT2D eigenvalue weighted by Gasteiger charge is 2.04. The molecule has 0 radical (unpaired) electrons. The van der Waals surface area contributed by atoms with E-state index in [-0.39, 0.29) is 0 Å². The maximum Gasteiger partial charge on any atom is 0.0255 e. The van der Waals surface area contributed by atoms with E-state index < -0.39 is 0 Å². The van der Waals surface area contributed by atoms with Crippen molar-refractivity contribution in [3.05, 3.63) is 107 Å². The summed E-state index contributed by atoms with van der Waals surface area (Å²) in [6.07, 6.45) is 0. The lowest BCUT2D eigenvalue weighted by Gasteiger charge is -2.08. The van der Waals surface area contributed by atoms with Crippen molar-refractivity contribution in [2.75, 3.05) is 0 Å². The van der Waals surface area contributed by atoms with E-state index in [1.807, 2.05) is 30.3 Å². The Balaban J connectivity index is 1.64. The van der Waals surface area contributed by atoms with Crippen LogP contribution < -0.4 is 0 Å². The van der Waals surface area contributed by atoms with Crippen LogP contribution in [0.25, 0.3) is 32.3 Å². The highest BCUT2D eigenvalue weighted by molar-refractivity contribution is 6.05. The molecule has 0 heteroatoms. The molecule has 0 nitrogen and oxygen atoms in total. The zero-order valence-corrected chi connectivity index (χ0v) is 16.1. The molecule has 0 aromatic heterocycles. The van der Waals surface area contributed by atoms with E-state index in [4.69, 9.17) is 0 Å².